The van der Waals surface area contributed by atoms with Crippen LogP contribution in [-0.2, 0) is 16.4 Å². The van der Waals surface area contributed by atoms with E-state index in [1.807, 2.05) is 30.6 Å². The van der Waals surface area contributed by atoms with Crippen molar-refractivity contribution in [3.05, 3.63) is 89.5 Å². The van der Waals surface area contributed by atoms with Gasteiger partial charge in [-0.1, -0.05) is 6.07 Å². The molecule has 1 N–H and O–H groups in total. The van der Waals surface area contributed by atoms with Crippen LogP contribution in [-0.4, -0.2) is 48.6 Å². The summed E-state index contributed by atoms with van der Waals surface area (Å²) < 4.78 is 24.0. The lowest BCUT2D eigenvalue weighted by atomic mass is 10.00. The Morgan fingerprint density at radius 1 is 1.11 bits per heavy atom. The Bertz CT molecular complexity index is 1540. The van der Waals surface area contributed by atoms with Gasteiger partial charge in [-0.3, -0.25) is 14.8 Å². The van der Waals surface area contributed by atoms with E-state index in [2.05, 4.69) is 32.3 Å². The Labute approximate surface area is 210 Å². The standard InChI is InChI=1S/C27H27N5O3S/c1-18-3-4-20(13-25(18)36(2,34)35)27(33)30-16-23-14-24-21(15-29-23)5-6-26(31-24)32-12-9-22(17-32)19-7-10-28-11-8-19/h3-8,10-11,13-15,22H,9,12,16-17H2,1-2H3,(H,30,33)/t22-/m1/s1. The minimum atomic E-state index is -3.42. The molecule has 0 aliphatic carbocycles. The molecule has 0 saturated carbocycles. The lowest BCUT2D eigenvalue weighted by Gasteiger charge is -2.18. The zero-order valence-corrected chi connectivity index (χ0v) is 21.0. The molecule has 3 aromatic heterocycles. The number of hydrogen-bond donors (Lipinski definition) is 1. The maximum Gasteiger partial charge on any atom is 0.251 e. The average molecular weight is 502 g/mol. The second kappa shape index (κ2) is 9.66. The van der Waals surface area contributed by atoms with E-state index in [1.165, 1.54) is 11.6 Å². The molecule has 5 rings (SSSR count). The number of anilines is 1. The predicted molar refractivity (Wildman–Crippen MR) is 139 cm³/mol. The highest BCUT2D eigenvalue weighted by Gasteiger charge is 2.25. The van der Waals surface area contributed by atoms with Gasteiger partial charge in [-0.2, -0.15) is 0 Å². The first kappa shape index (κ1) is 23.9. The van der Waals surface area contributed by atoms with Gasteiger partial charge in [0.25, 0.3) is 5.91 Å². The smallest absolute Gasteiger partial charge is 0.251 e. The lowest BCUT2D eigenvalue weighted by Crippen LogP contribution is -2.23. The fourth-order valence-corrected chi connectivity index (χ4v) is 5.60. The summed E-state index contributed by atoms with van der Waals surface area (Å²) in [6, 6.07) is 14.8. The highest BCUT2D eigenvalue weighted by atomic mass is 32.2. The van der Waals surface area contributed by atoms with E-state index in [4.69, 9.17) is 4.98 Å². The van der Waals surface area contributed by atoms with Crippen molar-refractivity contribution in [3.8, 4) is 0 Å². The summed E-state index contributed by atoms with van der Waals surface area (Å²) >= 11 is 0. The van der Waals surface area contributed by atoms with Crippen molar-refractivity contribution in [2.75, 3.05) is 24.2 Å². The first-order chi connectivity index (χ1) is 17.3. The number of carbonyl (C=O) groups excluding carboxylic acids is 1. The molecule has 9 heteroatoms. The Kier molecular flexibility index (Phi) is 6.40. The monoisotopic (exact) mass is 501 g/mol. The molecular formula is C27H27N5O3S. The number of rotatable bonds is 6. The number of pyridine rings is 3. The molecule has 36 heavy (non-hydrogen) atoms. The molecule has 1 saturated heterocycles. The van der Waals surface area contributed by atoms with Crippen LogP contribution in [0.5, 0.6) is 0 Å². The highest BCUT2D eigenvalue weighted by Crippen LogP contribution is 2.30. The van der Waals surface area contributed by atoms with E-state index in [9.17, 15) is 13.2 Å². The Hall–Kier alpha value is -3.85. The quantitative estimate of drug-likeness (QED) is 0.430. The predicted octanol–water partition coefficient (Wildman–Crippen LogP) is 3.66. The number of benzene rings is 1. The van der Waals surface area contributed by atoms with Crippen LogP contribution >= 0.6 is 0 Å². The van der Waals surface area contributed by atoms with E-state index in [-0.39, 0.29) is 17.3 Å². The summed E-state index contributed by atoms with van der Waals surface area (Å²) in [4.78, 5) is 28.6. The number of hydrogen-bond acceptors (Lipinski definition) is 7. The van der Waals surface area contributed by atoms with E-state index in [0.717, 1.165) is 42.5 Å². The molecule has 1 fully saturated rings. The van der Waals surface area contributed by atoms with Crippen LogP contribution in [0, 0.1) is 6.92 Å². The zero-order chi connectivity index (χ0) is 25.3. The summed E-state index contributed by atoms with van der Waals surface area (Å²) in [6.45, 7) is 3.75. The number of carbonyl (C=O) groups is 1. The van der Waals surface area contributed by atoms with E-state index >= 15 is 0 Å². The summed E-state index contributed by atoms with van der Waals surface area (Å²) in [5.41, 5.74) is 3.69. The molecule has 4 aromatic rings. The summed E-state index contributed by atoms with van der Waals surface area (Å²) in [6.07, 6.45) is 7.63. The third-order valence-electron chi connectivity index (χ3n) is 6.59. The number of sulfone groups is 1. The topological polar surface area (TPSA) is 105 Å². The van der Waals surface area contributed by atoms with Gasteiger partial charge in [-0.15, -0.1) is 0 Å². The number of amides is 1. The van der Waals surface area contributed by atoms with Gasteiger partial charge in [0, 0.05) is 54.8 Å². The van der Waals surface area contributed by atoms with Crippen molar-refractivity contribution in [3.63, 3.8) is 0 Å². The van der Waals surface area contributed by atoms with Crippen LogP contribution in [0.3, 0.4) is 0 Å². The van der Waals surface area contributed by atoms with Crippen LogP contribution in [0.25, 0.3) is 10.9 Å². The maximum absolute atomic E-state index is 12.7. The minimum Gasteiger partial charge on any atom is -0.356 e. The van der Waals surface area contributed by atoms with Crippen LogP contribution < -0.4 is 10.2 Å². The largest absolute Gasteiger partial charge is 0.356 e. The highest BCUT2D eigenvalue weighted by molar-refractivity contribution is 7.90. The molecule has 1 aromatic carbocycles. The van der Waals surface area contributed by atoms with Crippen molar-refractivity contribution in [1.29, 1.82) is 0 Å². The van der Waals surface area contributed by atoms with Crippen molar-refractivity contribution in [2.45, 2.75) is 30.7 Å². The molecule has 1 aliphatic rings. The fraction of sp³-hybridized carbons (Fsp3) is 0.259. The van der Waals surface area contributed by atoms with Crippen molar-refractivity contribution < 1.29 is 13.2 Å². The van der Waals surface area contributed by atoms with Gasteiger partial charge in [0.2, 0.25) is 0 Å². The molecule has 4 heterocycles. The molecule has 0 bridgehead atoms. The van der Waals surface area contributed by atoms with E-state index in [0.29, 0.717) is 22.7 Å². The SMILES string of the molecule is Cc1ccc(C(=O)NCc2cc3nc(N4CC[C@@H](c5ccncc5)C4)ccc3cn2)cc1S(C)(=O)=O. The third kappa shape index (κ3) is 5.06. The Morgan fingerprint density at radius 2 is 1.92 bits per heavy atom. The molecule has 0 radical (unpaired) electrons. The average Bonchev–Trinajstić information content (AvgIpc) is 3.37. The van der Waals surface area contributed by atoms with Gasteiger partial charge in [0.1, 0.15) is 5.82 Å². The summed E-state index contributed by atoms with van der Waals surface area (Å²) in [5, 5.41) is 3.76. The van der Waals surface area contributed by atoms with Crippen LogP contribution in [0.15, 0.2) is 72.0 Å². The molecule has 0 spiro atoms. The molecule has 1 amide bonds. The fourth-order valence-electron chi connectivity index (χ4n) is 4.61. The second-order valence-electron chi connectivity index (χ2n) is 9.19. The first-order valence-electron chi connectivity index (χ1n) is 11.8. The lowest BCUT2D eigenvalue weighted by molar-refractivity contribution is 0.0950. The number of nitrogens with zero attached hydrogens (tertiary/aromatic N) is 4. The van der Waals surface area contributed by atoms with E-state index in [1.54, 1.807) is 25.3 Å². The van der Waals surface area contributed by atoms with E-state index < -0.39 is 9.84 Å². The van der Waals surface area contributed by atoms with Gasteiger partial charge in [0.15, 0.2) is 9.84 Å². The van der Waals surface area contributed by atoms with Crippen LogP contribution in [0.4, 0.5) is 5.82 Å². The molecule has 0 unspecified atom stereocenters. The molecule has 184 valence electrons. The zero-order valence-electron chi connectivity index (χ0n) is 20.2. The van der Waals surface area contributed by atoms with Crippen LogP contribution in [0.2, 0.25) is 0 Å². The van der Waals surface area contributed by atoms with Crippen molar-refractivity contribution >= 4 is 32.5 Å². The molecular weight excluding hydrogens is 474 g/mol. The Balaban J connectivity index is 1.29. The number of aryl methyl sites for hydroxylation is 1. The van der Waals surface area contributed by atoms with Gasteiger partial charge in [-0.25, -0.2) is 13.4 Å². The van der Waals surface area contributed by atoms with Crippen LogP contribution in [0.1, 0.15) is 39.5 Å². The number of nitrogens with one attached hydrogen (secondary N) is 1. The van der Waals surface area contributed by atoms with Gasteiger partial charge < -0.3 is 10.2 Å². The molecule has 8 nitrogen and oxygen atoms in total. The second-order valence-corrected chi connectivity index (χ2v) is 11.2. The molecule has 1 atom stereocenters. The Morgan fingerprint density at radius 3 is 2.69 bits per heavy atom. The maximum atomic E-state index is 12.7. The summed E-state index contributed by atoms with van der Waals surface area (Å²) in [7, 11) is -3.42. The van der Waals surface area contributed by atoms with Crippen molar-refractivity contribution in [1.82, 2.24) is 20.3 Å². The normalized spacial score (nSPS) is 15.8. The molecule has 1 aliphatic heterocycles. The number of fused-ring (bicyclic) bond motifs is 1. The van der Waals surface area contributed by atoms with Gasteiger partial charge in [0.05, 0.1) is 22.7 Å². The summed E-state index contributed by atoms with van der Waals surface area (Å²) in [5.74, 6) is 1.02. The first-order valence-corrected chi connectivity index (χ1v) is 13.7. The number of aromatic nitrogens is 3. The minimum absolute atomic E-state index is 0.156. The third-order valence-corrected chi connectivity index (χ3v) is 7.82. The van der Waals surface area contributed by atoms with Gasteiger partial charge >= 0.3 is 0 Å². The van der Waals surface area contributed by atoms with Gasteiger partial charge in [-0.05, 0) is 66.9 Å². The van der Waals surface area contributed by atoms with Crippen molar-refractivity contribution in [2.24, 2.45) is 0 Å².